The lowest BCUT2D eigenvalue weighted by molar-refractivity contribution is 0.253. The molecule has 2 rings (SSSR count). The van der Waals surface area contributed by atoms with Crippen LogP contribution in [0.25, 0.3) is 0 Å². The van der Waals surface area contributed by atoms with Crippen molar-refractivity contribution in [2.24, 2.45) is 13.0 Å². The molecule has 0 radical (unpaired) electrons. The predicted octanol–water partition coefficient (Wildman–Crippen LogP) is 1.87. The van der Waals surface area contributed by atoms with Crippen molar-refractivity contribution in [1.82, 2.24) is 20.1 Å². The maximum Gasteiger partial charge on any atom is 0.164 e. The van der Waals surface area contributed by atoms with E-state index in [9.17, 15) is 0 Å². The SMILES string of the molecule is CCC1CCCCC1NCc1ncn(C)n1. The van der Waals surface area contributed by atoms with E-state index in [-0.39, 0.29) is 0 Å². The van der Waals surface area contributed by atoms with E-state index in [1.807, 2.05) is 7.05 Å². The van der Waals surface area contributed by atoms with E-state index in [4.69, 9.17) is 0 Å². The van der Waals surface area contributed by atoms with Gasteiger partial charge in [0.25, 0.3) is 0 Å². The van der Waals surface area contributed by atoms with Crippen molar-refractivity contribution in [3.05, 3.63) is 12.2 Å². The second-order valence-electron chi connectivity index (χ2n) is 4.77. The number of hydrogen-bond acceptors (Lipinski definition) is 3. The Balaban J connectivity index is 1.84. The third kappa shape index (κ3) is 2.82. The van der Waals surface area contributed by atoms with Crippen LogP contribution in [0.3, 0.4) is 0 Å². The van der Waals surface area contributed by atoms with Crippen molar-refractivity contribution in [3.63, 3.8) is 0 Å². The van der Waals surface area contributed by atoms with E-state index in [1.165, 1.54) is 32.1 Å². The third-order valence-electron chi connectivity index (χ3n) is 3.60. The van der Waals surface area contributed by atoms with Crippen LogP contribution in [0.2, 0.25) is 0 Å². The first kappa shape index (κ1) is 11.6. The second-order valence-corrected chi connectivity index (χ2v) is 4.77. The molecule has 4 heteroatoms. The van der Waals surface area contributed by atoms with Gasteiger partial charge in [0, 0.05) is 13.1 Å². The fraction of sp³-hybridized carbons (Fsp3) is 0.833. The van der Waals surface area contributed by atoms with Gasteiger partial charge in [-0.3, -0.25) is 4.68 Å². The highest BCUT2D eigenvalue weighted by Gasteiger charge is 2.23. The second kappa shape index (κ2) is 5.43. The molecular formula is C12H22N4. The molecule has 1 aromatic rings. The molecule has 4 nitrogen and oxygen atoms in total. The molecule has 16 heavy (non-hydrogen) atoms. The van der Waals surface area contributed by atoms with Gasteiger partial charge >= 0.3 is 0 Å². The number of aryl methyl sites for hydroxylation is 1. The van der Waals surface area contributed by atoms with Crippen LogP contribution in [0.15, 0.2) is 6.33 Å². The summed E-state index contributed by atoms with van der Waals surface area (Å²) in [5.74, 6) is 1.75. The molecule has 0 saturated heterocycles. The normalized spacial score (nSPS) is 25.9. The standard InChI is InChI=1S/C12H22N4/c1-3-10-6-4-5-7-11(10)13-8-12-14-9-16(2)15-12/h9-11,13H,3-8H2,1-2H3. The van der Waals surface area contributed by atoms with Crippen LogP contribution in [0, 0.1) is 5.92 Å². The minimum atomic E-state index is 0.669. The Labute approximate surface area is 97.5 Å². The van der Waals surface area contributed by atoms with Gasteiger partial charge in [-0.25, -0.2) is 4.98 Å². The monoisotopic (exact) mass is 222 g/mol. The molecule has 1 fully saturated rings. The molecule has 90 valence electrons. The quantitative estimate of drug-likeness (QED) is 0.845. The molecule has 1 heterocycles. The van der Waals surface area contributed by atoms with Crippen molar-refractivity contribution < 1.29 is 0 Å². The van der Waals surface area contributed by atoms with Crippen LogP contribution < -0.4 is 5.32 Å². The van der Waals surface area contributed by atoms with Crippen molar-refractivity contribution in [2.45, 2.75) is 51.6 Å². The number of rotatable bonds is 4. The smallest absolute Gasteiger partial charge is 0.164 e. The molecule has 1 N–H and O–H groups in total. The molecule has 0 aromatic carbocycles. The first-order chi connectivity index (χ1) is 7.79. The Bertz CT molecular complexity index is 321. The van der Waals surface area contributed by atoms with E-state index in [0.29, 0.717) is 6.04 Å². The summed E-state index contributed by atoms with van der Waals surface area (Å²) >= 11 is 0. The molecule has 2 atom stereocenters. The summed E-state index contributed by atoms with van der Waals surface area (Å²) in [7, 11) is 1.91. The summed E-state index contributed by atoms with van der Waals surface area (Å²) < 4.78 is 1.76. The van der Waals surface area contributed by atoms with Gasteiger partial charge in [0.05, 0.1) is 6.54 Å². The molecular weight excluding hydrogens is 200 g/mol. The van der Waals surface area contributed by atoms with E-state index < -0.39 is 0 Å². The number of aromatic nitrogens is 3. The summed E-state index contributed by atoms with van der Waals surface area (Å²) in [4.78, 5) is 4.24. The summed E-state index contributed by atoms with van der Waals surface area (Å²) in [6, 6.07) is 0.669. The van der Waals surface area contributed by atoms with Gasteiger partial charge in [-0.2, -0.15) is 5.10 Å². The maximum atomic E-state index is 4.29. The molecule has 0 spiro atoms. The molecule has 0 aliphatic heterocycles. The molecule has 2 unspecified atom stereocenters. The lowest BCUT2D eigenvalue weighted by Gasteiger charge is -2.31. The summed E-state index contributed by atoms with van der Waals surface area (Å²) in [6.45, 7) is 3.10. The lowest BCUT2D eigenvalue weighted by atomic mass is 9.83. The molecule has 1 aliphatic carbocycles. The van der Waals surface area contributed by atoms with Gasteiger partial charge in [0.15, 0.2) is 5.82 Å². The Morgan fingerprint density at radius 2 is 2.25 bits per heavy atom. The van der Waals surface area contributed by atoms with Gasteiger partial charge < -0.3 is 5.32 Å². The first-order valence-electron chi connectivity index (χ1n) is 6.37. The van der Waals surface area contributed by atoms with Gasteiger partial charge in [-0.05, 0) is 18.8 Å². The zero-order chi connectivity index (χ0) is 11.4. The number of nitrogens with one attached hydrogen (secondary N) is 1. The minimum Gasteiger partial charge on any atom is -0.307 e. The first-order valence-corrected chi connectivity index (χ1v) is 6.37. The predicted molar refractivity (Wildman–Crippen MR) is 63.9 cm³/mol. The molecule has 1 saturated carbocycles. The summed E-state index contributed by atoms with van der Waals surface area (Å²) in [5.41, 5.74) is 0. The zero-order valence-corrected chi connectivity index (χ0v) is 10.3. The summed E-state index contributed by atoms with van der Waals surface area (Å²) in [6.07, 6.45) is 8.50. The van der Waals surface area contributed by atoms with Gasteiger partial charge in [0.2, 0.25) is 0 Å². The van der Waals surface area contributed by atoms with Crippen molar-refractivity contribution >= 4 is 0 Å². The Morgan fingerprint density at radius 3 is 2.94 bits per heavy atom. The van der Waals surface area contributed by atoms with Crippen LogP contribution >= 0.6 is 0 Å². The lowest BCUT2D eigenvalue weighted by Crippen LogP contribution is -2.38. The highest BCUT2D eigenvalue weighted by Crippen LogP contribution is 2.26. The highest BCUT2D eigenvalue weighted by molar-refractivity contribution is 4.85. The molecule has 0 bridgehead atoms. The molecule has 1 aromatic heterocycles. The Kier molecular flexibility index (Phi) is 3.93. The fourth-order valence-electron chi connectivity index (χ4n) is 2.65. The number of nitrogens with zero attached hydrogens (tertiary/aromatic N) is 3. The van der Waals surface area contributed by atoms with Crippen molar-refractivity contribution in [2.75, 3.05) is 0 Å². The van der Waals surface area contributed by atoms with E-state index in [1.54, 1.807) is 11.0 Å². The minimum absolute atomic E-state index is 0.669. The third-order valence-corrected chi connectivity index (χ3v) is 3.60. The van der Waals surface area contributed by atoms with Crippen molar-refractivity contribution in [1.29, 1.82) is 0 Å². The van der Waals surface area contributed by atoms with Crippen LogP contribution in [-0.4, -0.2) is 20.8 Å². The van der Waals surface area contributed by atoms with Crippen LogP contribution in [0.1, 0.15) is 44.9 Å². The Hall–Kier alpha value is -0.900. The van der Waals surface area contributed by atoms with E-state index in [2.05, 4.69) is 22.3 Å². The van der Waals surface area contributed by atoms with Gasteiger partial charge in [-0.1, -0.05) is 26.2 Å². The van der Waals surface area contributed by atoms with Crippen LogP contribution in [0.4, 0.5) is 0 Å². The van der Waals surface area contributed by atoms with Crippen molar-refractivity contribution in [3.8, 4) is 0 Å². The molecule has 0 amide bonds. The molecule has 1 aliphatic rings. The maximum absolute atomic E-state index is 4.29. The fourth-order valence-corrected chi connectivity index (χ4v) is 2.65. The average molecular weight is 222 g/mol. The number of hydrogen-bond donors (Lipinski definition) is 1. The average Bonchev–Trinajstić information content (AvgIpc) is 2.73. The highest BCUT2D eigenvalue weighted by atomic mass is 15.3. The van der Waals surface area contributed by atoms with Gasteiger partial charge in [-0.15, -0.1) is 0 Å². The van der Waals surface area contributed by atoms with Crippen LogP contribution in [0.5, 0.6) is 0 Å². The van der Waals surface area contributed by atoms with Crippen LogP contribution in [-0.2, 0) is 13.6 Å². The van der Waals surface area contributed by atoms with E-state index in [0.717, 1.165) is 18.3 Å². The summed E-state index contributed by atoms with van der Waals surface area (Å²) in [5, 5.41) is 7.90. The largest absolute Gasteiger partial charge is 0.307 e. The van der Waals surface area contributed by atoms with E-state index >= 15 is 0 Å². The topological polar surface area (TPSA) is 42.7 Å². The Morgan fingerprint density at radius 1 is 1.44 bits per heavy atom. The van der Waals surface area contributed by atoms with Gasteiger partial charge in [0.1, 0.15) is 6.33 Å². The zero-order valence-electron chi connectivity index (χ0n) is 10.3.